The highest BCUT2D eigenvalue weighted by molar-refractivity contribution is 6.31. The van der Waals surface area contributed by atoms with Crippen molar-refractivity contribution in [1.29, 1.82) is 0 Å². The van der Waals surface area contributed by atoms with Crippen LogP contribution in [0.2, 0.25) is 10.0 Å². The molecule has 0 bridgehead atoms. The van der Waals surface area contributed by atoms with Crippen molar-refractivity contribution in [2.75, 3.05) is 0 Å². The first-order valence-electron chi connectivity index (χ1n) is 5.60. The lowest BCUT2D eigenvalue weighted by Gasteiger charge is -2.17. The topological polar surface area (TPSA) is 55.9 Å². The zero-order chi connectivity index (χ0) is 14.0. The number of hydrogen-bond donors (Lipinski definition) is 2. The summed E-state index contributed by atoms with van der Waals surface area (Å²) in [5, 5.41) is 4.94. The average Bonchev–Trinajstić information content (AvgIpc) is 2.69. The van der Waals surface area contributed by atoms with E-state index in [1.807, 2.05) is 0 Å². The lowest BCUT2D eigenvalue weighted by molar-refractivity contribution is 0.508. The fourth-order valence-electron chi connectivity index (χ4n) is 1.95. The molecule has 4 nitrogen and oxygen atoms in total. The molecule has 19 heavy (non-hydrogen) atoms. The number of hydrazine groups is 1. The van der Waals surface area contributed by atoms with Gasteiger partial charge in [-0.25, -0.2) is 4.39 Å². The Balaban J connectivity index is 2.29. The molecule has 0 saturated heterocycles. The minimum atomic E-state index is -0.371. The first-order chi connectivity index (χ1) is 9.02. The van der Waals surface area contributed by atoms with Crippen LogP contribution < -0.4 is 11.3 Å². The monoisotopic (exact) mass is 302 g/mol. The van der Waals surface area contributed by atoms with E-state index in [0.29, 0.717) is 16.5 Å². The Morgan fingerprint density at radius 3 is 2.68 bits per heavy atom. The molecule has 0 amide bonds. The third-order valence-electron chi connectivity index (χ3n) is 2.91. The first-order valence-corrected chi connectivity index (χ1v) is 6.36. The van der Waals surface area contributed by atoms with Gasteiger partial charge in [0.1, 0.15) is 5.82 Å². The van der Waals surface area contributed by atoms with Gasteiger partial charge in [-0.15, -0.1) is 0 Å². The second-order valence-electron chi connectivity index (χ2n) is 4.16. The van der Waals surface area contributed by atoms with Gasteiger partial charge in [0.25, 0.3) is 0 Å². The molecular formula is C12H13Cl2FN4. The zero-order valence-electron chi connectivity index (χ0n) is 10.2. The smallest absolute Gasteiger partial charge is 0.124 e. The summed E-state index contributed by atoms with van der Waals surface area (Å²) in [6, 6.07) is 4.00. The van der Waals surface area contributed by atoms with Crippen LogP contribution in [-0.2, 0) is 13.5 Å². The Labute approximate surface area is 120 Å². The van der Waals surface area contributed by atoms with Crippen LogP contribution >= 0.6 is 23.2 Å². The van der Waals surface area contributed by atoms with Crippen molar-refractivity contribution in [3.05, 3.63) is 51.5 Å². The molecule has 1 aromatic heterocycles. The lowest BCUT2D eigenvalue weighted by Crippen LogP contribution is -2.31. The van der Waals surface area contributed by atoms with E-state index in [-0.39, 0.29) is 11.9 Å². The number of nitrogens with one attached hydrogen (secondary N) is 1. The van der Waals surface area contributed by atoms with Gasteiger partial charge >= 0.3 is 0 Å². The van der Waals surface area contributed by atoms with Gasteiger partial charge in [0.2, 0.25) is 0 Å². The van der Waals surface area contributed by atoms with E-state index in [4.69, 9.17) is 29.0 Å². The Kier molecular flexibility index (Phi) is 4.42. The van der Waals surface area contributed by atoms with E-state index in [1.165, 1.54) is 12.1 Å². The van der Waals surface area contributed by atoms with Gasteiger partial charge in [-0.05, 0) is 24.1 Å². The predicted molar refractivity (Wildman–Crippen MR) is 73.4 cm³/mol. The minimum absolute atomic E-state index is 0.261. The van der Waals surface area contributed by atoms with Gasteiger partial charge in [-0.3, -0.25) is 16.0 Å². The van der Waals surface area contributed by atoms with Crippen LogP contribution in [0.3, 0.4) is 0 Å². The van der Waals surface area contributed by atoms with Crippen molar-refractivity contribution in [3.63, 3.8) is 0 Å². The van der Waals surface area contributed by atoms with E-state index in [1.54, 1.807) is 24.0 Å². The standard InChI is InChI=1S/C12H13Cl2FN4/c1-19-12(10(14)6-17-19)11(18-16)4-7-2-3-8(15)5-9(7)13/h2-3,5-6,11,18H,4,16H2,1H3. The number of nitrogens with two attached hydrogens (primary N) is 1. The third-order valence-corrected chi connectivity index (χ3v) is 3.55. The second kappa shape index (κ2) is 5.88. The van der Waals surface area contributed by atoms with Gasteiger partial charge in [0.15, 0.2) is 0 Å². The van der Waals surface area contributed by atoms with Crippen LogP contribution in [0.15, 0.2) is 24.4 Å². The summed E-state index contributed by atoms with van der Waals surface area (Å²) in [4.78, 5) is 0. The number of aromatic nitrogens is 2. The second-order valence-corrected chi connectivity index (χ2v) is 4.97. The fraction of sp³-hybridized carbons (Fsp3) is 0.250. The highest BCUT2D eigenvalue weighted by Gasteiger charge is 2.19. The molecule has 1 aromatic carbocycles. The molecule has 2 rings (SSSR count). The highest BCUT2D eigenvalue weighted by Crippen LogP contribution is 2.27. The summed E-state index contributed by atoms with van der Waals surface area (Å²) in [5.74, 6) is 5.19. The van der Waals surface area contributed by atoms with Crippen molar-refractivity contribution in [2.45, 2.75) is 12.5 Å². The van der Waals surface area contributed by atoms with E-state index >= 15 is 0 Å². The van der Waals surface area contributed by atoms with E-state index in [0.717, 1.165) is 11.3 Å². The maximum atomic E-state index is 13.0. The molecule has 102 valence electrons. The van der Waals surface area contributed by atoms with Crippen LogP contribution in [0.5, 0.6) is 0 Å². The Bertz CT molecular complexity index is 566. The first kappa shape index (κ1) is 14.3. The Hall–Kier alpha value is -1.14. The van der Waals surface area contributed by atoms with Gasteiger partial charge in [0, 0.05) is 12.1 Å². The molecule has 3 N–H and O–H groups in total. The van der Waals surface area contributed by atoms with Crippen molar-refractivity contribution in [1.82, 2.24) is 15.2 Å². The van der Waals surface area contributed by atoms with Crippen LogP contribution in [-0.4, -0.2) is 9.78 Å². The van der Waals surface area contributed by atoms with Crippen molar-refractivity contribution < 1.29 is 4.39 Å². The molecule has 1 unspecified atom stereocenters. The van der Waals surface area contributed by atoms with Crippen molar-refractivity contribution in [3.8, 4) is 0 Å². The van der Waals surface area contributed by atoms with E-state index in [9.17, 15) is 4.39 Å². The molecule has 1 atom stereocenters. The summed E-state index contributed by atoms with van der Waals surface area (Å²) in [7, 11) is 1.78. The summed E-state index contributed by atoms with van der Waals surface area (Å²) in [6.07, 6.45) is 2.03. The molecule has 0 saturated carbocycles. The van der Waals surface area contributed by atoms with E-state index in [2.05, 4.69) is 10.5 Å². The average molecular weight is 303 g/mol. The van der Waals surface area contributed by atoms with Crippen molar-refractivity contribution in [2.24, 2.45) is 12.9 Å². The molecule has 0 radical (unpaired) electrons. The van der Waals surface area contributed by atoms with Gasteiger partial charge in [0.05, 0.1) is 23.0 Å². The highest BCUT2D eigenvalue weighted by atomic mass is 35.5. The quantitative estimate of drug-likeness (QED) is 0.674. The van der Waals surface area contributed by atoms with Crippen molar-refractivity contribution >= 4 is 23.2 Å². The minimum Gasteiger partial charge on any atom is -0.271 e. The summed E-state index contributed by atoms with van der Waals surface area (Å²) in [5.41, 5.74) is 4.21. The molecule has 0 aliphatic heterocycles. The Morgan fingerprint density at radius 1 is 1.42 bits per heavy atom. The van der Waals surface area contributed by atoms with Crippen LogP contribution in [0.25, 0.3) is 0 Å². The van der Waals surface area contributed by atoms with Crippen LogP contribution in [0.4, 0.5) is 4.39 Å². The number of halogens is 3. The van der Waals surface area contributed by atoms with Crippen LogP contribution in [0, 0.1) is 5.82 Å². The summed E-state index contributed by atoms with van der Waals surface area (Å²) >= 11 is 12.1. The summed E-state index contributed by atoms with van der Waals surface area (Å²) in [6.45, 7) is 0. The molecular weight excluding hydrogens is 290 g/mol. The predicted octanol–water partition coefficient (Wildman–Crippen LogP) is 2.61. The third kappa shape index (κ3) is 3.06. The number of aryl methyl sites for hydroxylation is 1. The SMILES string of the molecule is Cn1ncc(Cl)c1C(Cc1ccc(F)cc1Cl)NN. The summed E-state index contributed by atoms with van der Waals surface area (Å²) < 4.78 is 14.7. The lowest BCUT2D eigenvalue weighted by atomic mass is 10.0. The molecule has 2 aromatic rings. The molecule has 0 aliphatic carbocycles. The number of hydrogen-bond acceptors (Lipinski definition) is 3. The molecule has 0 spiro atoms. The van der Waals surface area contributed by atoms with Gasteiger partial charge in [-0.2, -0.15) is 5.10 Å². The van der Waals surface area contributed by atoms with Crippen LogP contribution in [0.1, 0.15) is 17.3 Å². The zero-order valence-corrected chi connectivity index (χ0v) is 11.7. The van der Waals surface area contributed by atoms with Gasteiger partial charge < -0.3 is 0 Å². The number of nitrogens with zero attached hydrogens (tertiary/aromatic N) is 2. The fourth-order valence-corrected chi connectivity index (χ4v) is 2.50. The maximum absolute atomic E-state index is 13.0. The number of benzene rings is 1. The molecule has 7 heteroatoms. The Morgan fingerprint density at radius 2 is 2.16 bits per heavy atom. The van der Waals surface area contributed by atoms with E-state index < -0.39 is 0 Å². The largest absolute Gasteiger partial charge is 0.271 e. The normalized spacial score (nSPS) is 12.7. The van der Waals surface area contributed by atoms with Gasteiger partial charge in [-0.1, -0.05) is 29.3 Å². The maximum Gasteiger partial charge on any atom is 0.124 e. The molecule has 1 heterocycles. The number of rotatable bonds is 4. The molecule has 0 aliphatic rings. The molecule has 0 fully saturated rings.